The van der Waals surface area contributed by atoms with Crippen LogP contribution in [0.15, 0.2) is 54.7 Å². The number of halogens is 1. The number of carbonyl (C=O) groups excluding carboxylic acids is 1. The number of benzene rings is 2. The highest BCUT2D eigenvalue weighted by molar-refractivity contribution is 6.07. The molecule has 9 heteroatoms. The second kappa shape index (κ2) is 8.99. The summed E-state index contributed by atoms with van der Waals surface area (Å²) in [5.74, 6) is -0.425. The maximum absolute atomic E-state index is 13.8. The van der Waals surface area contributed by atoms with Crippen molar-refractivity contribution in [3.8, 4) is 11.5 Å². The largest absolute Gasteiger partial charge is 0.496 e. The number of aromatic nitrogens is 2. The van der Waals surface area contributed by atoms with Crippen LogP contribution < -0.4 is 9.47 Å². The van der Waals surface area contributed by atoms with Crippen LogP contribution in [-0.4, -0.2) is 27.6 Å². The zero-order valence-electron chi connectivity index (χ0n) is 16.2. The molecule has 0 N–H and O–H groups in total. The van der Waals surface area contributed by atoms with Crippen LogP contribution in [0, 0.1) is 15.9 Å². The molecule has 1 aromatic heterocycles. The molecular weight excluding hydrogens is 393 g/mol. The first-order valence-corrected chi connectivity index (χ1v) is 8.83. The van der Waals surface area contributed by atoms with Crippen molar-refractivity contribution < 1.29 is 23.6 Å². The molecule has 0 saturated heterocycles. The first-order chi connectivity index (χ1) is 14.4. The lowest BCUT2D eigenvalue weighted by Crippen LogP contribution is -2.02. The quantitative estimate of drug-likeness (QED) is 0.241. The summed E-state index contributed by atoms with van der Waals surface area (Å²) in [7, 11) is 3.00. The molecule has 1 heterocycles. The Morgan fingerprint density at radius 1 is 1.27 bits per heavy atom. The van der Waals surface area contributed by atoms with Gasteiger partial charge in [0.1, 0.15) is 18.6 Å². The fraction of sp³-hybridized carbons (Fsp3) is 0.143. The summed E-state index contributed by atoms with van der Waals surface area (Å²) < 4.78 is 25.8. The average molecular weight is 411 g/mol. The fourth-order valence-corrected chi connectivity index (χ4v) is 2.77. The molecule has 0 aliphatic carbocycles. The van der Waals surface area contributed by atoms with Crippen LogP contribution >= 0.6 is 0 Å². The summed E-state index contributed by atoms with van der Waals surface area (Å²) in [6, 6.07) is 11.2. The van der Waals surface area contributed by atoms with E-state index in [2.05, 4.69) is 5.10 Å². The summed E-state index contributed by atoms with van der Waals surface area (Å²) >= 11 is 0. The van der Waals surface area contributed by atoms with Crippen LogP contribution in [0.2, 0.25) is 0 Å². The Labute approximate surface area is 171 Å². The van der Waals surface area contributed by atoms with Gasteiger partial charge in [0.15, 0.2) is 11.6 Å². The number of para-hydroxylation sites is 1. The standard InChI is InChI=1S/C21H18FN3O5/c1-24-12-17(25(27)28)21(23-24)18(26)9-7-14-8-10-19(29-2)15(11-14)13-30-20-6-4-3-5-16(20)22/h3-12H,13H2,1-2H3/b9-7+. The fourth-order valence-electron chi connectivity index (χ4n) is 2.77. The predicted molar refractivity (Wildman–Crippen MR) is 107 cm³/mol. The van der Waals surface area contributed by atoms with Crippen molar-refractivity contribution in [3.05, 3.63) is 87.5 Å². The van der Waals surface area contributed by atoms with Gasteiger partial charge in [-0.2, -0.15) is 5.10 Å². The third-order valence-electron chi connectivity index (χ3n) is 4.19. The van der Waals surface area contributed by atoms with Crippen molar-refractivity contribution in [2.45, 2.75) is 6.61 Å². The third-order valence-corrected chi connectivity index (χ3v) is 4.19. The molecule has 0 unspecified atom stereocenters. The molecule has 0 amide bonds. The molecule has 30 heavy (non-hydrogen) atoms. The molecule has 0 spiro atoms. The zero-order chi connectivity index (χ0) is 21.7. The van der Waals surface area contributed by atoms with Crippen molar-refractivity contribution in [1.82, 2.24) is 9.78 Å². The number of aryl methyl sites for hydroxylation is 1. The summed E-state index contributed by atoms with van der Waals surface area (Å²) in [5, 5.41) is 14.9. The van der Waals surface area contributed by atoms with E-state index in [9.17, 15) is 19.3 Å². The zero-order valence-corrected chi connectivity index (χ0v) is 16.2. The smallest absolute Gasteiger partial charge is 0.318 e. The molecule has 0 radical (unpaired) electrons. The highest BCUT2D eigenvalue weighted by Gasteiger charge is 2.23. The second-order valence-electron chi connectivity index (χ2n) is 6.28. The van der Waals surface area contributed by atoms with E-state index in [-0.39, 0.29) is 23.7 Å². The molecule has 0 aliphatic heterocycles. The van der Waals surface area contributed by atoms with E-state index in [4.69, 9.17) is 9.47 Å². The summed E-state index contributed by atoms with van der Waals surface area (Å²) in [6.45, 7) is 0.0471. The minimum absolute atomic E-state index is 0.0471. The van der Waals surface area contributed by atoms with E-state index in [1.807, 2.05) is 0 Å². The van der Waals surface area contributed by atoms with Gasteiger partial charge in [0.05, 0.1) is 12.0 Å². The van der Waals surface area contributed by atoms with Gasteiger partial charge in [-0.1, -0.05) is 24.3 Å². The van der Waals surface area contributed by atoms with Gasteiger partial charge in [0.25, 0.3) is 0 Å². The van der Waals surface area contributed by atoms with Gasteiger partial charge < -0.3 is 9.47 Å². The van der Waals surface area contributed by atoms with E-state index < -0.39 is 16.5 Å². The Balaban J connectivity index is 1.80. The molecule has 0 aliphatic rings. The monoisotopic (exact) mass is 411 g/mol. The molecular formula is C21H18FN3O5. The van der Waals surface area contributed by atoms with Crippen LogP contribution in [-0.2, 0) is 13.7 Å². The predicted octanol–water partition coefficient (Wildman–Crippen LogP) is 3.95. The molecule has 0 atom stereocenters. The van der Waals surface area contributed by atoms with E-state index in [1.165, 1.54) is 49.3 Å². The summed E-state index contributed by atoms with van der Waals surface area (Å²) in [5.41, 5.74) is 0.672. The molecule has 0 bridgehead atoms. The molecule has 2 aromatic carbocycles. The highest BCUT2D eigenvalue weighted by atomic mass is 19.1. The molecule has 8 nitrogen and oxygen atoms in total. The molecule has 3 aromatic rings. The number of ether oxygens (including phenoxy) is 2. The lowest BCUT2D eigenvalue weighted by atomic mass is 10.1. The van der Waals surface area contributed by atoms with Gasteiger partial charge in [0.2, 0.25) is 11.5 Å². The minimum atomic E-state index is -0.653. The Kier molecular flexibility index (Phi) is 6.21. The van der Waals surface area contributed by atoms with E-state index in [0.717, 1.165) is 0 Å². The Bertz CT molecular complexity index is 1120. The summed E-state index contributed by atoms with van der Waals surface area (Å²) in [4.78, 5) is 22.8. The number of nitrogens with zero attached hydrogens (tertiary/aromatic N) is 3. The maximum atomic E-state index is 13.8. The van der Waals surface area contributed by atoms with Crippen LogP contribution in [0.4, 0.5) is 10.1 Å². The van der Waals surface area contributed by atoms with Crippen LogP contribution in [0.1, 0.15) is 21.6 Å². The third kappa shape index (κ3) is 4.69. The van der Waals surface area contributed by atoms with Gasteiger partial charge in [-0.3, -0.25) is 19.6 Å². The van der Waals surface area contributed by atoms with Crippen molar-refractivity contribution in [2.75, 3.05) is 7.11 Å². The first kappa shape index (κ1) is 20.7. The van der Waals surface area contributed by atoms with Crippen molar-refractivity contribution in [3.63, 3.8) is 0 Å². The van der Waals surface area contributed by atoms with Gasteiger partial charge in [0, 0.05) is 12.6 Å². The number of allylic oxidation sites excluding steroid dienone is 1. The van der Waals surface area contributed by atoms with Gasteiger partial charge >= 0.3 is 5.69 Å². The first-order valence-electron chi connectivity index (χ1n) is 8.83. The molecule has 154 valence electrons. The molecule has 0 fully saturated rings. The van der Waals surface area contributed by atoms with E-state index in [0.29, 0.717) is 16.9 Å². The second-order valence-corrected chi connectivity index (χ2v) is 6.28. The van der Waals surface area contributed by atoms with Gasteiger partial charge in [-0.15, -0.1) is 0 Å². The lowest BCUT2D eigenvalue weighted by molar-refractivity contribution is -0.385. The number of hydrogen-bond donors (Lipinski definition) is 0. The van der Waals surface area contributed by atoms with Crippen molar-refractivity contribution in [1.29, 1.82) is 0 Å². The Morgan fingerprint density at radius 2 is 2.03 bits per heavy atom. The van der Waals surface area contributed by atoms with Gasteiger partial charge in [-0.05, 0) is 35.9 Å². The number of methoxy groups -OCH3 is 1. The maximum Gasteiger partial charge on any atom is 0.318 e. The SMILES string of the molecule is COc1ccc(/C=C/C(=O)c2nn(C)cc2[N+](=O)[O-])cc1COc1ccccc1F. The highest BCUT2D eigenvalue weighted by Crippen LogP contribution is 2.24. The van der Waals surface area contributed by atoms with E-state index >= 15 is 0 Å². The number of rotatable bonds is 8. The van der Waals surface area contributed by atoms with Gasteiger partial charge in [-0.25, -0.2) is 4.39 Å². The van der Waals surface area contributed by atoms with Crippen LogP contribution in [0.5, 0.6) is 11.5 Å². The van der Waals surface area contributed by atoms with E-state index in [1.54, 1.807) is 30.3 Å². The minimum Gasteiger partial charge on any atom is -0.496 e. The molecule has 0 saturated carbocycles. The Morgan fingerprint density at radius 3 is 2.73 bits per heavy atom. The topological polar surface area (TPSA) is 96.5 Å². The Hall–Kier alpha value is -4.01. The van der Waals surface area contributed by atoms with Crippen LogP contribution in [0.25, 0.3) is 6.08 Å². The van der Waals surface area contributed by atoms with Crippen LogP contribution in [0.3, 0.4) is 0 Å². The van der Waals surface area contributed by atoms with Crippen molar-refractivity contribution in [2.24, 2.45) is 7.05 Å². The summed E-state index contributed by atoms with van der Waals surface area (Å²) in [6.07, 6.45) is 3.89. The lowest BCUT2D eigenvalue weighted by Gasteiger charge is -2.11. The number of ketones is 1. The number of carbonyl (C=O) groups is 1. The van der Waals surface area contributed by atoms with Crippen molar-refractivity contribution >= 4 is 17.5 Å². The average Bonchev–Trinajstić information content (AvgIpc) is 3.13. The number of hydrogen-bond acceptors (Lipinski definition) is 6. The normalized spacial score (nSPS) is 10.9. The molecule has 3 rings (SSSR count). The number of nitro groups is 1.